The molecule has 5 heteroatoms. The molecule has 0 atom stereocenters. The quantitative estimate of drug-likeness (QED) is 0.753. The van der Waals surface area contributed by atoms with E-state index in [1.807, 2.05) is 26.8 Å². The van der Waals surface area contributed by atoms with Gasteiger partial charge in [-0.2, -0.15) is 4.31 Å². The third kappa shape index (κ3) is 3.18. The van der Waals surface area contributed by atoms with E-state index in [2.05, 4.69) is 0 Å². The van der Waals surface area contributed by atoms with Gasteiger partial charge < -0.3 is 0 Å². The topological polar surface area (TPSA) is 37.4 Å². The Balaban J connectivity index is 2.41. The van der Waals surface area contributed by atoms with Crippen LogP contribution in [0.4, 0.5) is 0 Å². The number of rotatable bonds is 6. The predicted octanol–water partition coefficient (Wildman–Crippen LogP) is 3.54. The first-order valence-electron chi connectivity index (χ1n) is 7.04. The van der Waals surface area contributed by atoms with Crippen LogP contribution in [-0.2, 0) is 15.9 Å². The van der Waals surface area contributed by atoms with Gasteiger partial charge in [0.05, 0.1) is 4.90 Å². The number of nitrogens with zero attached hydrogens (tertiary/aromatic N) is 1. The Bertz CT molecular complexity index is 580. The van der Waals surface area contributed by atoms with Gasteiger partial charge in [0.2, 0.25) is 10.0 Å². The van der Waals surface area contributed by atoms with Crippen molar-refractivity contribution in [3.63, 3.8) is 0 Å². The monoisotopic (exact) mass is 315 g/mol. The second kappa shape index (κ2) is 6.04. The van der Waals surface area contributed by atoms with Crippen molar-refractivity contribution < 1.29 is 8.42 Å². The van der Waals surface area contributed by atoms with Crippen LogP contribution in [0.5, 0.6) is 0 Å². The molecule has 112 valence electrons. The molecule has 0 heterocycles. The third-order valence-corrected chi connectivity index (χ3v) is 6.31. The number of alkyl halides is 1. The molecule has 0 spiro atoms. The predicted molar refractivity (Wildman–Crippen MR) is 82.5 cm³/mol. The second-order valence-corrected chi connectivity index (χ2v) is 7.91. The highest BCUT2D eigenvalue weighted by Gasteiger charge is 2.34. The van der Waals surface area contributed by atoms with Gasteiger partial charge in [-0.3, -0.25) is 0 Å². The van der Waals surface area contributed by atoms with Crippen molar-refractivity contribution >= 4 is 21.6 Å². The van der Waals surface area contributed by atoms with Crippen LogP contribution in [0.3, 0.4) is 0 Å². The van der Waals surface area contributed by atoms with Crippen LogP contribution in [0.1, 0.15) is 37.8 Å². The van der Waals surface area contributed by atoms with E-state index in [0.29, 0.717) is 23.2 Å². The molecule has 1 fully saturated rings. The molecule has 0 aromatic heterocycles. The third-order valence-electron chi connectivity index (χ3n) is 3.84. The highest BCUT2D eigenvalue weighted by atomic mass is 35.5. The van der Waals surface area contributed by atoms with Gasteiger partial charge in [-0.1, -0.05) is 12.1 Å². The number of halogens is 1. The van der Waals surface area contributed by atoms with Crippen molar-refractivity contribution in [1.29, 1.82) is 0 Å². The lowest BCUT2D eigenvalue weighted by atomic mass is 10.1. The van der Waals surface area contributed by atoms with Crippen LogP contribution in [-0.4, -0.2) is 25.3 Å². The maximum atomic E-state index is 12.9. The molecule has 0 saturated heterocycles. The molecule has 0 amide bonds. The summed E-state index contributed by atoms with van der Waals surface area (Å²) in [5, 5.41) is 0. The lowest BCUT2D eigenvalue weighted by molar-refractivity contribution is 0.341. The first-order valence-corrected chi connectivity index (χ1v) is 9.01. The van der Waals surface area contributed by atoms with Gasteiger partial charge in [0.1, 0.15) is 0 Å². The minimum atomic E-state index is -3.44. The lowest BCUT2D eigenvalue weighted by Crippen LogP contribution is -2.38. The van der Waals surface area contributed by atoms with Crippen LogP contribution >= 0.6 is 11.6 Å². The Labute approximate surface area is 127 Å². The van der Waals surface area contributed by atoms with Crippen molar-refractivity contribution in [3.05, 3.63) is 29.3 Å². The van der Waals surface area contributed by atoms with Crippen LogP contribution in [0.15, 0.2) is 23.1 Å². The van der Waals surface area contributed by atoms with E-state index < -0.39 is 10.0 Å². The van der Waals surface area contributed by atoms with Crippen LogP contribution in [0.2, 0.25) is 0 Å². The summed E-state index contributed by atoms with van der Waals surface area (Å²) in [5.74, 6) is 0.864. The average molecular weight is 316 g/mol. The summed E-state index contributed by atoms with van der Waals surface area (Å²) in [7, 11) is -3.44. The SMILES string of the molecule is Cc1c(CCl)cccc1S(=O)(=O)N(CC1CC1)C(C)C. The summed E-state index contributed by atoms with van der Waals surface area (Å²) in [6.45, 7) is 6.33. The molecule has 2 rings (SSSR count). The van der Waals surface area contributed by atoms with Gasteiger partial charge in [-0.15, -0.1) is 11.6 Å². The molecule has 0 bridgehead atoms. The summed E-state index contributed by atoms with van der Waals surface area (Å²) in [4.78, 5) is 0.394. The molecule has 1 aliphatic carbocycles. The van der Waals surface area contributed by atoms with Crippen molar-refractivity contribution in [3.8, 4) is 0 Å². The maximum Gasteiger partial charge on any atom is 0.243 e. The minimum Gasteiger partial charge on any atom is -0.207 e. The molecular formula is C15H22ClNO2S. The Morgan fingerprint density at radius 3 is 2.50 bits per heavy atom. The molecular weight excluding hydrogens is 294 g/mol. The minimum absolute atomic E-state index is 0.0281. The van der Waals surface area contributed by atoms with Gasteiger partial charge in [0, 0.05) is 18.5 Å². The number of hydrogen-bond acceptors (Lipinski definition) is 2. The van der Waals surface area contributed by atoms with Gasteiger partial charge in [-0.05, 0) is 56.7 Å². The Morgan fingerprint density at radius 1 is 1.35 bits per heavy atom. The standard InChI is InChI=1S/C15H22ClNO2S/c1-11(2)17(10-13-7-8-13)20(18,19)15-6-4-5-14(9-16)12(15)3/h4-6,11,13H,7-10H2,1-3H3. The summed E-state index contributed by atoms with van der Waals surface area (Å²) in [6.07, 6.45) is 2.28. The maximum absolute atomic E-state index is 12.9. The first kappa shape index (κ1) is 15.8. The van der Waals surface area contributed by atoms with Crippen LogP contribution in [0.25, 0.3) is 0 Å². The highest BCUT2D eigenvalue weighted by molar-refractivity contribution is 7.89. The Kier molecular flexibility index (Phi) is 4.77. The molecule has 0 aliphatic heterocycles. The first-order chi connectivity index (χ1) is 9.37. The fourth-order valence-electron chi connectivity index (χ4n) is 2.35. The van der Waals surface area contributed by atoms with Crippen molar-refractivity contribution in [2.24, 2.45) is 5.92 Å². The van der Waals surface area contributed by atoms with E-state index in [4.69, 9.17) is 11.6 Å². The molecule has 0 radical (unpaired) electrons. The summed E-state index contributed by atoms with van der Waals surface area (Å²) >= 11 is 5.88. The molecule has 1 aromatic carbocycles. The molecule has 0 unspecified atom stereocenters. The number of sulfonamides is 1. The zero-order valence-electron chi connectivity index (χ0n) is 12.3. The number of benzene rings is 1. The molecule has 1 aromatic rings. The largest absolute Gasteiger partial charge is 0.243 e. The molecule has 1 aliphatic rings. The zero-order chi connectivity index (χ0) is 14.9. The van der Waals surface area contributed by atoms with E-state index in [1.54, 1.807) is 16.4 Å². The van der Waals surface area contributed by atoms with E-state index in [0.717, 1.165) is 24.0 Å². The van der Waals surface area contributed by atoms with Crippen molar-refractivity contribution in [1.82, 2.24) is 4.31 Å². The van der Waals surface area contributed by atoms with E-state index in [1.165, 1.54) is 0 Å². The summed E-state index contributed by atoms with van der Waals surface area (Å²) < 4.78 is 27.4. The zero-order valence-corrected chi connectivity index (χ0v) is 13.8. The van der Waals surface area contributed by atoms with Crippen molar-refractivity contribution in [2.75, 3.05) is 6.54 Å². The second-order valence-electron chi connectivity index (χ2n) is 5.79. The van der Waals surface area contributed by atoms with Crippen LogP contribution < -0.4 is 0 Å². The lowest BCUT2D eigenvalue weighted by Gasteiger charge is -2.27. The smallest absolute Gasteiger partial charge is 0.207 e. The van der Waals surface area contributed by atoms with Gasteiger partial charge >= 0.3 is 0 Å². The van der Waals surface area contributed by atoms with Crippen LogP contribution in [0, 0.1) is 12.8 Å². The average Bonchev–Trinajstić information content (AvgIpc) is 3.19. The van der Waals surface area contributed by atoms with Gasteiger partial charge in [0.15, 0.2) is 0 Å². The van der Waals surface area contributed by atoms with Gasteiger partial charge in [-0.25, -0.2) is 8.42 Å². The van der Waals surface area contributed by atoms with Gasteiger partial charge in [0.25, 0.3) is 0 Å². The van der Waals surface area contributed by atoms with E-state index in [-0.39, 0.29) is 6.04 Å². The van der Waals surface area contributed by atoms with Crippen molar-refractivity contribution in [2.45, 2.75) is 50.4 Å². The Hall–Kier alpha value is -0.580. The fraction of sp³-hybridized carbons (Fsp3) is 0.600. The molecule has 0 N–H and O–H groups in total. The molecule has 1 saturated carbocycles. The molecule has 3 nitrogen and oxygen atoms in total. The Morgan fingerprint density at radius 2 is 2.00 bits per heavy atom. The van der Waals surface area contributed by atoms with E-state index in [9.17, 15) is 8.42 Å². The highest BCUT2D eigenvalue weighted by Crippen LogP contribution is 2.33. The molecule has 20 heavy (non-hydrogen) atoms. The normalized spacial score (nSPS) is 16.1. The fourth-order valence-corrected chi connectivity index (χ4v) is 4.62. The summed E-state index contributed by atoms with van der Waals surface area (Å²) in [5.41, 5.74) is 1.65. The number of hydrogen-bond donors (Lipinski definition) is 0. The van der Waals surface area contributed by atoms with E-state index >= 15 is 0 Å². The summed E-state index contributed by atoms with van der Waals surface area (Å²) in [6, 6.07) is 5.30.